The summed E-state index contributed by atoms with van der Waals surface area (Å²) in [6, 6.07) is 0. The van der Waals surface area contributed by atoms with Gasteiger partial charge in [0.1, 0.15) is 0 Å². The molecule has 1 heterocycles. The Morgan fingerprint density at radius 3 is 2.39 bits per heavy atom. The van der Waals surface area contributed by atoms with Gasteiger partial charge in [0.15, 0.2) is 0 Å². The number of carbonyl (C=O) groups excluding carboxylic acids is 1. The second kappa shape index (κ2) is 6.53. The molecule has 106 valence electrons. The molecule has 1 amide bonds. The first-order chi connectivity index (χ1) is 8.35. The highest BCUT2D eigenvalue weighted by Crippen LogP contribution is 2.26. The molecule has 4 nitrogen and oxygen atoms in total. The molecule has 1 aliphatic rings. The molecule has 0 aromatic heterocycles. The van der Waals surface area contributed by atoms with Crippen LogP contribution >= 0.6 is 0 Å². The minimum Gasteiger partial charge on any atom is -0.354 e. The van der Waals surface area contributed by atoms with Crippen LogP contribution in [0.3, 0.4) is 0 Å². The fourth-order valence-electron chi connectivity index (χ4n) is 2.80. The molecule has 0 aromatic carbocycles. The van der Waals surface area contributed by atoms with E-state index in [0.29, 0.717) is 19.5 Å². The van der Waals surface area contributed by atoms with E-state index in [9.17, 15) is 4.79 Å². The van der Waals surface area contributed by atoms with Crippen molar-refractivity contribution in [3.05, 3.63) is 0 Å². The highest BCUT2D eigenvalue weighted by Gasteiger charge is 2.32. The molecule has 0 saturated carbocycles. The van der Waals surface area contributed by atoms with Crippen molar-refractivity contribution < 1.29 is 4.79 Å². The first kappa shape index (κ1) is 15.4. The van der Waals surface area contributed by atoms with E-state index in [-0.39, 0.29) is 11.4 Å². The van der Waals surface area contributed by atoms with E-state index in [1.807, 2.05) is 0 Å². The van der Waals surface area contributed by atoms with E-state index in [1.165, 1.54) is 6.42 Å². The van der Waals surface area contributed by atoms with Gasteiger partial charge in [0.25, 0.3) is 0 Å². The molecule has 0 spiro atoms. The van der Waals surface area contributed by atoms with Crippen LogP contribution in [0.25, 0.3) is 0 Å². The Morgan fingerprint density at radius 2 is 1.89 bits per heavy atom. The summed E-state index contributed by atoms with van der Waals surface area (Å²) < 4.78 is 0. The molecule has 18 heavy (non-hydrogen) atoms. The maximum absolute atomic E-state index is 11.5. The smallest absolute Gasteiger partial charge is 0.221 e. The number of hydrogen-bond donors (Lipinski definition) is 2. The maximum Gasteiger partial charge on any atom is 0.221 e. The summed E-state index contributed by atoms with van der Waals surface area (Å²) in [4.78, 5) is 14.0. The lowest BCUT2D eigenvalue weighted by atomic mass is 9.88. The lowest BCUT2D eigenvalue weighted by Gasteiger charge is -2.45. The Hall–Kier alpha value is -0.610. The zero-order chi connectivity index (χ0) is 13.8. The van der Waals surface area contributed by atoms with Gasteiger partial charge in [0, 0.05) is 38.1 Å². The van der Waals surface area contributed by atoms with Crippen molar-refractivity contribution in [3.8, 4) is 0 Å². The van der Waals surface area contributed by atoms with E-state index >= 15 is 0 Å². The lowest BCUT2D eigenvalue weighted by Crippen LogP contribution is -2.56. The predicted octanol–water partition coefficient (Wildman–Crippen LogP) is 1.21. The number of nitrogens with two attached hydrogens (primary N) is 1. The fraction of sp³-hybridized carbons (Fsp3) is 0.929. The van der Waals surface area contributed by atoms with Crippen LogP contribution < -0.4 is 11.1 Å². The molecule has 3 N–H and O–H groups in total. The van der Waals surface area contributed by atoms with Gasteiger partial charge < -0.3 is 11.1 Å². The number of hydrogen-bond acceptors (Lipinski definition) is 3. The predicted molar refractivity (Wildman–Crippen MR) is 75.3 cm³/mol. The van der Waals surface area contributed by atoms with Crippen molar-refractivity contribution in [1.29, 1.82) is 0 Å². The second-order valence-corrected chi connectivity index (χ2v) is 6.48. The lowest BCUT2D eigenvalue weighted by molar-refractivity contribution is -0.121. The Labute approximate surface area is 111 Å². The topological polar surface area (TPSA) is 58.4 Å². The van der Waals surface area contributed by atoms with Gasteiger partial charge in [-0.25, -0.2) is 0 Å². The number of rotatable bonds is 5. The third-order valence-electron chi connectivity index (χ3n) is 3.81. The Kier molecular flexibility index (Phi) is 5.60. The minimum atomic E-state index is 0.0210. The number of likely N-dealkylation sites (tertiary alicyclic amines) is 1. The molecule has 0 aromatic rings. The number of piperidine rings is 1. The van der Waals surface area contributed by atoms with Crippen LogP contribution in [-0.2, 0) is 4.79 Å². The molecule has 0 bridgehead atoms. The van der Waals surface area contributed by atoms with Crippen LogP contribution in [-0.4, -0.2) is 42.5 Å². The third kappa shape index (κ3) is 4.58. The fourth-order valence-corrected chi connectivity index (χ4v) is 2.80. The van der Waals surface area contributed by atoms with E-state index in [4.69, 9.17) is 5.73 Å². The largest absolute Gasteiger partial charge is 0.354 e. The highest BCUT2D eigenvalue weighted by molar-refractivity contribution is 5.76. The summed E-state index contributed by atoms with van der Waals surface area (Å²) in [5.41, 5.74) is 5.40. The molecule has 1 fully saturated rings. The molecule has 1 saturated heterocycles. The number of carbonyl (C=O) groups is 1. The van der Waals surface area contributed by atoms with E-state index in [1.54, 1.807) is 0 Å². The van der Waals surface area contributed by atoms with Crippen LogP contribution in [0, 0.1) is 11.8 Å². The van der Waals surface area contributed by atoms with Crippen molar-refractivity contribution in [1.82, 2.24) is 10.2 Å². The third-order valence-corrected chi connectivity index (χ3v) is 3.81. The van der Waals surface area contributed by atoms with Crippen LogP contribution in [0.15, 0.2) is 0 Å². The summed E-state index contributed by atoms with van der Waals surface area (Å²) >= 11 is 0. The Morgan fingerprint density at radius 1 is 1.33 bits per heavy atom. The monoisotopic (exact) mass is 255 g/mol. The highest BCUT2D eigenvalue weighted by atomic mass is 16.1. The maximum atomic E-state index is 11.5. The first-order valence-corrected chi connectivity index (χ1v) is 7.07. The van der Waals surface area contributed by atoms with Gasteiger partial charge >= 0.3 is 0 Å². The van der Waals surface area contributed by atoms with E-state index in [2.05, 4.69) is 37.9 Å². The summed E-state index contributed by atoms with van der Waals surface area (Å²) in [7, 11) is 0. The van der Waals surface area contributed by atoms with Gasteiger partial charge in [-0.2, -0.15) is 0 Å². The first-order valence-electron chi connectivity index (χ1n) is 7.07. The van der Waals surface area contributed by atoms with E-state index < -0.39 is 0 Å². The molecule has 1 aliphatic heterocycles. The van der Waals surface area contributed by atoms with Crippen LogP contribution in [0.2, 0.25) is 0 Å². The number of amides is 1. The standard InChI is InChI=1S/C14H29N3O/c1-11-7-12(2)9-17(8-11)14(3,4)10-16-13(18)5-6-15/h11-12H,5-10,15H2,1-4H3,(H,16,18). The van der Waals surface area contributed by atoms with Crippen LogP contribution in [0.4, 0.5) is 0 Å². The minimum absolute atomic E-state index is 0.0210. The summed E-state index contributed by atoms with van der Waals surface area (Å²) in [5.74, 6) is 1.55. The average molecular weight is 255 g/mol. The molecular weight excluding hydrogens is 226 g/mol. The zero-order valence-electron chi connectivity index (χ0n) is 12.3. The summed E-state index contributed by atoms with van der Waals surface area (Å²) in [6.07, 6.45) is 1.73. The van der Waals surface area contributed by atoms with Crippen LogP contribution in [0.5, 0.6) is 0 Å². The SMILES string of the molecule is CC1CC(C)CN(C(C)(C)CNC(=O)CCN)C1. The zero-order valence-corrected chi connectivity index (χ0v) is 12.3. The van der Waals surface area contributed by atoms with Crippen LogP contribution in [0.1, 0.15) is 40.5 Å². The van der Waals surface area contributed by atoms with Gasteiger partial charge in [-0.3, -0.25) is 9.69 Å². The molecule has 2 atom stereocenters. The van der Waals surface area contributed by atoms with Crippen molar-refractivity contribution in [2.45, 2.75) is 46.1 Å². The summed E-state index contributed by atoms with van der Waals surface area (Å²) in [6.45, 7) is 12.4. The van der Waals surface area contributed by atoms with Crippen molar-refractivity contribution in [3.63, 3.8) is 0 Å². The normalized spacial score (nSPS) is 26.1. The number of nitrogens with one attached hydrogen (secondary N) is 1. The van der Waals surface area contributed by atoms with Crippen molar-refractivity contribution in [2.24, 2.45) is 17.6 Å². The molecule has 1 rings (SSSR count). The quantitative estimate of drug-likeness (QED) is 0.776. The molecular formula is C14H29N3O. The molecule has 2 unspecified atom stereocenters. The van der Waals surface area contributed by atoms with Crippen molar-refractivity contribution >= 4 is 5.91 Å². The Bertz CT molecular complexity index is 268. The Balaban J connectivity index is 2.48. The van der Waals surface area contributed by atoms with Gasteiger partial charge in [0.05, 0.1) is 0 Å². The molecule has 4 heteroatoms. The van der Waals surface area contributed by atoms with E-state index in [0.717, 1.165) is 24.9 Å². The number of nitrogens with zero attached hydrogens (tertiary/aromatic N) is 1. The molecule has 0 radical (unpaired) electrons. The molecule has 0 aliphatic carbocycles. The summed E-state index contributed by atoms with van der Waals surface area (Å²) in [5, 5.41) is 2.99. The van der Waals surface area contributed by atoms with Gasteiger partial charge in [-0.1, -0.05) is 13.8 Å². The average Bonchev–Trinajstić information content (AvgIpc) is 2.26. The second-order valence-electron chi connectivity index (χ2n) is 6.48. The van der Waals surface area contributed by atoms with Gasteiger partial charge in [-0.05, 0) is 32.1 Å². The van der Waals surface area contributed by atoms with Gasteiger partial charge in [0.2, 0.25) is 5.91 Å². The van der Waals surface area contributed by atoms with Gasteiger partial charge in [-0.15, -0.1) is 0 Å². The van der Waals surface area contributed by atoms with Crippen molar-refractivity contribution in [2.75, 3.05) is 26.2 Å².